The van der Waals surface area contributed by atoms with E-state index in [0.29, 0.717) is 24.2 Å². The summed E-state index contributed by atoms with van der Waals surface area (Å²) >= 11 is 0. The molecule has 2 aliphatic heterocycles. The molecule has 2 aromatic heterocycles. The lowest BCUT2D eigenvalue weighted by atomic mass is 10.0. The molecule has 9 heteroatoms. The normalized spacial score (nSPS) is 25.0. The first kappa shape index (κ1) is 18.4. The fraction of sp³-hybridized carbons (Fsp3) is 0.474. The first-order chi connectivity index (χ1) is 13.4. The molecule has 4 heterocycles. The summed E-state index contributed by atoms with van der Waals surface area (Å²) in [5, 5.41) is 11.2. The molecule has 0 bridgehead atoms. The summed E-state index contributed by atoms with van der Waals surface area (Å²) in [5.74, 6) is -1.41. The van der Waals surface area contributed by atoms with E-state index in [-0.39, 0.29) is 30.8 Å². The minimum absolute atomic E-state index is 0.133. The molecule has 0 aliphatic carbocycles. The molecule has 3 atom stereocenters. The second kappa shape index (κ2) is 6.90. The number of rotatable bonds is 3. The second-order valence-corrected chi connectivity index (χ2v) is 7.49. The minimum Gasteiger partial charge on any atom is -0.389 e. The van der Waals surface area contributed by atoms with Crippen LogP contribution in [0.3, 0.4) is 0 Å². The van der Waals surface area contributed by atoms with Crippen molar-refractivity contribution in [2.45, 2.75) is 18.6 Å². The summed E-state index contributed by atoms with van der Waals surface area (Å²) in [5.41, 5.74) is 1.12. The van der Waals surface area contributed by atoms with E-state index in [0.717, 1.165) is 5.39 Å². The van der Waals surface area contributed by atoms with Gasteiger partial charge in [0.15, 0.2) is 0 Å². The number of carbonyl (C=O) groups excluding carboxylic acids is 3. The van der Waals surface area contributed by atoms with Crippen LogP contribution in [0.25, 0.3) is 11.0 Å². The van der Waals surface area contributed by atoms with Gasteiger partial charge < -0.3 is 24.8 Å². The van der Waals surface area contributed by atoms with E-state index < -0.39 is 18.1 Å². The van der Waals surface area contributed by atoms with Gasteiger partial charge in [0, 0.05) is 51.5 Å². The van der Waals surface area contributed by atoms with Gasteiger partial charge in [0.2, 0.25) is 11.8 Å². The average molecular weight is 385 g/mol. The topological polar surface area (TPSA) is 110 Å². The molecule has 2 aromatic rings. The highest BCUT2D eigenvalue weighted by Gasteiger charge is 2.43. The third kappa shape index (κ3) is 2.91. The number of nitrogens with one attached hydrogen (secondary N) is 1. The van der Waals surface area contributed by atoms with Crippen LogP contribution in [0.1, 0.15) is 16.8 Å². The smallest absolute Gasteiger partial charge is 0.254 e. The number of likely N-dealkylation sites (tertiary alicyclic amines) is 2. The fourth-order valence-corrected chi connectivity index (χ4v) is 4.09. The molecule has 0 saturated carbocycles. The molecule has 1 unspecified atom stereocenters. The highest BCUT2D eigenvalue weighted by Crippen LogP contribution is 2.25. The Balaban J connectivity index is 1.50. The van der Waals surface area contributed by atoms with Crippen LogP contribution in [0.15, 0.2) is 24.5 Å². The SMILES string of the molecule is CN1CCC(C(=O)N(C)[C@@H]2CN(C(=O)c3ccnc4[nH]ccc34)C[C@H]2O)C1=O. The Morgan fingerprint density at radius 1 is 1.32 bits per heavy atom. The maximum Gasteiger partial charge on any atom is 0.254 e. The Hall–Kier alpha value is -2.94. The third-order valence-electron chi connectivity index (χ3n) is 5.81. The van der Waals surface area contributed by atoms with Crippen molar-refractivity contribution in [2.24, 2.45) is 5.92 Å². The first-order valence-corrected chi connectivity index (χ1v) is 9.29. The number of pyridine rings is 1. The molecule has 2 fully saturated rings. The van der Waals surface area contributed by atoms with Crippen molar-refractivity contribution in [3.8, 4) is 0 Å². The average Bonchev–Trinajstić information content (AvgIpc) is 3.39. The zero-order chi connectivity index (χ0) is 20.0. The number of fused-ring (bicyclic) bond motifs is 1. The quantitative estimate of drug-likeness (QED) is 0.704. The molecule has 28 heavy (non-hydrogen) atoms. The number of β-amino-alcohol motifs (C(OH)–C–C–N with tert-alkyl or cyclic N) is 1. The van der Waals surface area contributed by atoms with E-state index in [9.17, 15) is 19.5 Å². The van der Waals surface area contributed by atoms with Gasteiger partial charge in [-0.3, -0.25) is 14.4 Å². The summed E-state index contributed by atoms with van der Waals surface area (Å²) in [6.07, 6.45) is 2.90. The lowest BCUT2D eigenvalue weighted by molar-refractivity contribution is -0.144. The maximum atomic E-state index is 13.0. The van der Waals surface area contributed by atoms with E-state index in [1.807, 2.05) is 0 Å². The number of amides is 3. The summed E-state index contributed by atoms with van der Waals surface area (Å²) in [7, 11) is 3.27. The lowest BCUT2D eigenvalue weighted by Gasteiger charge is -2.28. The van der Waals surface area contributed by atoms with Gasteiger partial charge in [-0.25, -0.2) is 4.98 Å². The van der Waals surface area contributed by atoms with Crippen molar-refractivity contribution in [1.82, 2.24) is 24.7 Å². The molecule has 0 aromatic carbocycles. The number of H-pyrrole nitrogens is 1. The molecule has 4 rings (SSSR count). The predicted octanol–water partition coefficient (Wildman–Crippen LogP) is -0.315. The van der Waals surface area contributed by atoms with Crippen LogP contribution in [0.2, 0.25) is 0 Å². The zero-order valence-electron chi connectivity index (χ0n) is 15.8. The monoisotopic (exact) mass is 385 g/mol. The largest absolute Gasteiger partial charge is 0.389 e. The summed E-state index contributed by atoms with van der Waals surface area (Å²) < 4.78 is 0. The van der Waals surface area contributed by atoms with E-state index in [1.165, 1.54) is 4.90 Å². The van der Waals surface area contributed by atoms with Gasteiger partial charge in [-0.2, -0.15) is 0 Å². The number of nitrogens with zero attached hydrogens (tertiary/aromatic N) is 4. The van der Waals surface area contributed by atoms with Gasteiger partial charge >= 0.3 is 0 Å². The van der Waals surface area contributed by atoms with Crippen LogP contribution in [-0.2, 0) is 9.59 Å². The van der Waals surface area contributed by atoms with Crippen LogP contribution < -0.4 is 0 Å². The molecule has 3 amide bonds. The molecular formula is C19H23N5O4. The van der Waals surface area contributed by atoms with Crippen LogP contribution in [0.4, 0.5) is 0 Å². The van der Waals surface area contributed by atoms with Gasteiger partial charge in [0.1, 0.15) is 11.6 Å². The van der Waals surface area contributed by atoms with E-state index in [4.69, 9.17) is 0 Å². The molecule has 2 saturated heterocycles. The number of carbonyl (C=O) groups is 3. The van der Waals surface area contributed by atoms with Gasteiger partial charge in [0.25, 0.3) is 5.91 Å². The fourth-order valence-electron chi connectivity index (χ4n) is 4.09. The van der Waals surface area contributed by atoms with Crippen LogP contribution >= 0.6 is 0 Å². The van der Waals surface area contributed by atoms with Crippen molar-refractivity contribution < 1.29 is 19.5 Å². The Morgan fingerprint density at radius 2 is 2.11 bits per heavy atom. The maximum absolute atomic E-state index is 13.0. The van der Waals surface area contributed by atoms with Crippen molar-refractivity contribution >= 4 is 28.8 Å². The number of hydrogen-bond acceptors (Lipinski definition) is 5. The molecule has 0 spiro atoms. The van der Waals surface area contributed by atoms with Gasteiger partial charge in [-0.05, 0) is 18.6 Å². The molecular weight excluding hydrogens is 362 g/mol. The molecule has 2 N–H and O–H groups in total. The molecule has 2 aliphatic rings. The number of likely N-dealkylation sites (N-methyl/N-ethyl adjacent to an activating group) is 1. The van der Waals surface area contributed by atoms with E-state index in [2.05, 4.69) is 9.97 Å². The molecule has 148 valence electrons. The van der Waals surface area contributed by atoms with E-state index in [1.54, 1.807) is 48.4 Å². The van der Waals surface area contributed by atoms with Crippen LogP contribution in [0.5, 0.6) is 0 Å². The Labute approximate surface area is 161 Å². The van der Waals surface area contributed by atoms with Crippen molar-refractivity contribution in [2.75, 3.05) is 33.7 Å². The predicted molar refractivity (Wildman–Crippen MR) is 100 cm³/mol. The first-order valence-electron chi connectivity index (χ1n) is 9.29. The van der Waals surface area contributed by atoms with Gasteiger partial charge in [-0.15, -0.1) is 0 Å². The number of aromatic amines is 1. The molecule has 9 nitrogen and oxygen atoms in total. The highest BCUT2D eigenvalue weighted by atomic mass is 16.3. The Kier molecular flexibility index (Phi) is 4.54. The Bertz CT molecular complexity index is 941. The molecule has 0 radical (unpaired) electrons. The van der Waals surface area contributed by atoms with Crippen LogP contribution in [-0.4, -0.2) is 93.4 Å². The minimum atomic E-state index is -0.865. The summed E-state index contributed by atoms with van der Waals surface area (Å²) in [6, 6.07) is 2.90. The zero-order valence-corrected chi connectivity index (χ0v) is 15.8. The summed E-state index contributed by atoms with van der Waals surface area (Å²) in [4.78, 5) is 49.6. The lowest BCUT2D eigenvalue weighted by Crippen LogP contribution is -2.48. The summed E-state index contributed by atoms with van der Waals surface area (Å²) in [6.45, 7) is 0.900. The van der Waals surface area contributed by atoms with Crippen molar-refractivity contribution in [1.29, 1.82) is 0 Å². The Morgan fingerprint density at radius 3 is 2.82 bits per heavy atom. The number of aliphatic hydroxyl groups is 1. The van der Waals surface area contributed by atoms with Gasteiger partial charge in [-0.1, -0.05) is 0 Å². The standard InChI is InChI=1S/C19H23N5O4/c1-22-8-5-13(17(22)26)18(27)23(2)14-9-24(10-15(14)25)19(28)12-4-7-21-16-11(12)3-6-20-16/h3-4,6-7,13-15,25H,5,8-10H2,1-2H3,(H,20,21)/t13?,14-,15-/m1/s1. The second-order valence-electron chi connectivity index (χ2n) is 7.49. The van der Waals surface area contributed by atoms with Crippen molar-refractivity contribution in [3.05, 3.63) is 30.1 Å². The van der Waals surface area contributed by atoms with Crippen molar-refractivity contribution in [3.63, 3.8) is 0 Å². The number of aromatic nitrogens is 2. The highest BCUT2D eigenvalue weighted by molar-refractivity contribution is 6.05. The number of aliphatic hydroxyl groups excluding tert-OH is 1. The third-order valence-corrected chi connectivity index (χ3v) is 5.81. The van der Waals surface area contributed by atoms with E-state index >= 15 is 0 Å². The van der Waals surface area contributed by atoms with Crippen LogP contribution in [0, 0.1) is 5.92 Å². The number of hydrogen-bond donors (Lipinski definition) is 2. The van der Waals surface area contributed by atoms with Gasteiger partial charge in [0.05, 0.1) is 17.7 Å².